The number of carbonyl (C=O) groups excluding carboxylic acids is 2. The third-order valence-electron chi connectivity index (χ3n) is 7.28. The van der Waals surface area contributed by atoms with Crippen molar-refractivity contribution >= 4 is 28.6 Å². The Balaban J connectivity index is 0.000000235. The molecule has 4 fully saturated rings. The van der Waals surface area contributed by atoms with Gasteiger partial charge in [-0.1, -0.05) is 24.6 Å². The highest BCUT2D eigenvalue weighted by Crippen LogP contribution is 2.42. The number of aromatic nitrogens is 1. The van der Waals surface area contributed by atoms with Gasteiger partial charge in [-0.3, -0.25) is 14.5 Å². The predicted octanol–water partition coefficient (Wildman–Crippen LogP) is 2.05. The molecule has 0 spiro atoms. The van der Waals surface area contributed by atoms with Gasteiger partial charge in [-0.05, 0) is 38.3 Å². The van der Waals surface area contributed by atoms with Gasteiger partial charge in [0.2, 0.25) is 0 Å². The van der Waals surface area contributed by atoms with Crippen molar-refractivity contribution < 1.29 is 24.2 Å². The summed E-state index contributed by atoms with van der Waals surface area (Å²) < 4.78 is 5.84. The molecule has 1 aromatic carbocycles. The highest BCUT2D eigenvalue weighted by molar-refractivity contribution is 6.04. The Morgan fingerprint density at radius 3 is 2.50 bits per heavy atom. The van der Waals surface area contributed by atoms with Gasteiger partial charge < -0.3 is 26.3 Å². The number of H-pyrrole nitrogens is 1. The van der Waals surface area contributed by atoms with Gasteiger partial charge in [-0.15, -0.1) is 0 Å². The zero-order valence-electron chi connectivity index (χ0n) is 19.3. The number of unbranched alkanes of at least 4 members (excludes halogenated alkanes) is 1. The lowest BCUT2D eigenvalue weighted by molar-refractivity contribution is -0.145. The van der Waals surface area contributed by atoms with Crippen molar-refractivity contribution in [1.29, 1.82) is 0 Å². The lowest BCUT2D eigenvalue weighted by Crippen LogP contribution is -2.63. The minimum atomic E-state index is -0.933. The predicted molar refractivity (Wildman–Crippen MR) is 127 cm³/mol. The van der Waals surface area contributed by atoms with E-state index in [1.165, 1.54) is 0 Å². The number of nitrogens with two attached hydrogens (primary N) is 2. The molecule has 9 nitrogen and oxygen atoms in total. The number of hydrogen-bond donors (Lipinski definition) is 4. The van der Waals surface area contributed by atoms with Gasteiger partial charge in [0.15, 0.2) is 0 Å². The summed E-state index contributed by atoms with van der Waals surface area (Å²) in [6.45, 7) is 1.20. The highest BCUT2D eigenvalue weighted by atomic mass is 16.5. The number of rotatable bonds is 7. The summed E-state index contributed by atoms with van der Waals surface area (Å²) in [4.78, 5) is 40.1. The van der Waals surface area contributed by atoms with Crippen molar-refractivity contribution in [2.75, 3.05) is 13.1 Å². The van der Waals surface area contributed by atoms with Crippen molar-refractivity contribution in [2.45, 2.75) is 69.2 Å². The molecule has 6 atom stereocenters. The molecule has 9 heteroatoms. The monoisotopic (exact) mass is 470 g/mol. The molecule has 5 heterocycles. The van der Waals surface area contributed by atoms with Crippen LogP contribution >= 0.6 is 0 Å². The second kappa shape index (κ2) is 10.7. The number of fused-ring (bicyclic) bond motifs is 2. The molecule has 4 aliphatic rings. The fourth-order valence-corrected chi connectivity index (χ4v) is 5.50. The molecule has 2 unspecified atom stereocenters. The van der Waals surface area contributed by atoms with Gasteiger partial charge in [0, 0.05) is 47.9 Å². The first kappa shape index (κ1) is 24.4. The molecule has 4 aliphatic heterocycles. The van der Waals surface area contributed by atoms with Gasteiger partial charge in [0.1, 0.15) is 17.9 Å². The summed E-state index contributed by atoms with van der Waals surface area (Å²) in [5.74, 6) is -0.530. The molecule has 0 amide bonds. The van der Waals surface area contributed by atoms with Gasteiger partial charge in [0.05, 0.1) is 12.1 Å². The summed E-state index contributed by atoms with van der Waals surface area (Å²) in [5.41, 5.74) is 12.0. The van der Waals surface area contributed by atoms with Crippen LogP contribution in [0.15, 0.2) is 30.5 Å². The van der Waals surface area contributed by atoms with E-state index < -0.39 is 12.0 Å². The van der Waals surface area contributed by atoms with E-state index in [2.05, 4.69) is 9.88 Å². The van der Waals surface area contributed by atoms with Crippen LogP contribution in [0.5, 0.6) is 0 Å². The lowest BCUT2D eigenvalue weighted by Gasteiger charge is -2.54. The quantitative estimate of drug-likeness (QED) is 0.354. The molecule has 2 aromatic rings. The molecule has 184 valence electrons. The Bertz CT molecular complexity index is 1020. The number of ether oxygens (including phenoxy) is 1. The van der Waals surface area contributed by atoms with Gasteiger partial charge >= 0.3 is 11.9 Å². The number of benzene rings is 1. The average Bonchev–Trinajstić information content (AvgIpc) is 3.24. The first-order valence-electron chi connectivity index (χ1n) is 12.1. The Morgan fingerprint density at radius 1 is 1.15 bits per heavy atom. The van der Waals surface area contributed by atoms with Crippen LogP contribution < -0.4 is 11.5 Å². The number of para-hydroxylation sites is 1. The molecule has 1 aromatic heterocycles. The number of piperidine rings is 4. The van der Waals surface area contributed by atoms with E-state index in [1.54, 1.807) is 6.20 Å². The second-order valence-corrected chi connectivity index (χ2v) is 9.59. The van der Waals surface area contributed by atoms with Crippen LogP contribution in [0.4, 0.5) is 0 Å². The molecule has 34 heavy (non-hydrogen) atoms. The number of carbonyl (C=O) groups is 3. The molecular formula is C25H34N4O5. The Morgan fingerprint density at radius 2 is 1.85 bits per heavy atom. The summed E-state index contributed by atoms with van der Waals surface area (Å²) >= 11 is 0. The number of carboxylic acids is 1. The first-order valence-corrected chi connectivity index (χ1v) is 12.1. The number of hydrogen-bond acceptors (Lipinski definition) is 7. The smallest absolute Gasteiger partial charge is 0.340 e. The van der Waals surface area contributed by atoms with E-state index in [4.69, 9.17) is 21.3 Å². The molecule has 4 bridgehead atoms. The van der Waals surface area contributed by atoms with E-state index >= 15 is 0 Å². The number of aromatic amines is 1. The number of Topliss-reactive ketones (excluding diaryl/α,β-unsaturated/α-hetero) is 1. The SMILES string of the molecule is NCCCCC(N)C(=O)O.O=C(O[C@@H]1C[C@@H]2C[C@@H]3C[C@H](C1)N2CC3=O)c1c[nH]c2ccccc12. The fraction of sp³-hybridized carbons (Fsp3) is 0.560. The van der Waals surface area contributed by atoms with Crippen molar-refractivity contribution in [1.82, 2.24) is 9.88 Å². The standard InChI is InChI=1S/C19H20N2O3.C6H14N2O2/c22-18-10-21-12-5-11(18)6-13(21)8-14(7-12)24-19(23)16-9-20-17-4-2-1-3-15(16)17;7-4-2-1-3-5(8)6(9)10/h1-4,9,11-14,20H,5-8,10H2;5H,1-4,7-8H2,(H,9,10)/t11-,12+,13-,14-;. The number of ketones is 1. The summed E-state index contributed by atoms with van der Waals surface area (Å²) in [7, 11) is 0. The first-order chi connectivity index (χ1) is 16.4. The van der Waals surface area contributed by atoms with Gasteiger partial charge in [-0.25, -0.2) is 4.79 Å². The number of carboxylic acid groups (broad SMARTS) is 1. The maximum Gasteiger partial charge on any atom is 0.340 e. The van der Waals surface area contributed by atoms with Crippen molar-refractivity contribution in [2.24, 2.45) is 17.4 Å². The van der Waals surface area contributed by atoms with Gasteiger partial charge in [0.25, 0.3) is 0 Å². The van der Waals surface area contributed by atoms with E-state index in [1.807, 2.05) is 24.3 Å². The van der Waals surface area contributed by atoms with Crippen LogP contribution in [0.25, 0.3) is 10.9 Å². The van der Waals surface area contributed by atoms with E-state index in [9.17, 15) is 14.4 Å². The minimum Gasteiger partial charge on any atom is -0.480 e. The maximum atomic E-state index is 12.6. The van der Waals surface area contributed by atoms with E-state index in [0.29, 0.717) is 42.9 Å². The van der Waals surface area contributed by atoms with Crippen LogP contribution in [0.1, 0.15) is 55.3 Å². The average molecular weight is 471 g/mol. The van der Waals surface area contributed by atoms with Crippen LogP contribution in [0.3, 0.4) is 0 Å². The third-order valence-corrected chi connectivity index (χ3v) is 7.28. The summed E-state index contributed by atoms with van der Waals surface area (Å²) in [6, 6.07) is 7.86. The van der Waals surface area contributed by atoms with Crippen LogP contribution in [-0.4, -0.2) is 70.0 Å². The zero-order chi connectivity index (χ0) is 24.2. The summed E-state index contributed by atoms with van der Waals surface area (Å²) in [5, 5.41) is 9.23. The lowest BCUT2D eigenvalue weighted by atomic mass is 9.72. The topological polar surface area (TPSA) is 152 Å². The van der Waals surface area contributed by atoms with E-state index in [0.717, 1.165) is 49.4 Å². The molecule has 0 aliphatic carbocycles. The van der Waals surface area contributed by atoms with Crippen LogP contribution in [0, 0.1) is 5.92 Å². The van der Waals surface area contributed by atoms with Gasteiger partial charge in [-0.2, -0.15) is 0 Å². The summed E-state index contributed by atoms with van der Waals surface area (Å²) in [6.07, 6.45) is 7.46. The molecule has 6 rings (SSSR count). The molecular weight excluding hydrogens is 436 g/mol. The Kier molecular flexibility index (Phi) is 7.65. The normalized spacial score (nSPS) is 28.2. The molecule has 0 saturated carbocycles. The second-order valence-electron chi connectivity index (χ2n) is 9.59. The number of nitrogens with zero attached hydrogens (tertiary/aromatic N) is 1. The highest BCUT2D eigenvalue weighted by Gasteiger charge is 2.49. The zero-order valence-corrected chi connectivity index (χ0v) is 19.3. The Labute approximate surface area is 198 Å². The number of esters is 1. The number of nitrogens with one attached hydrogen (secondary N) is 1. The van der Waals surface area contributed by atoms with Crippen molar-refractivity contribution in [3.63, 3.8) is 0 Å². The Hall–Kier alpha value is -2.75. The van der Waals surface area contributed by atoms with Crippen molar-refractivity contribution in [3.8, 4) is 0 Å². The third kappa shape index (κ3) is 5.32. The molecule has 6 N–H and O–H groups in total. The fourth-order valence-electron chi connectivity index (χ4n) is 5.50. The molecule has 0 radical (unpaired) electrons. The van der Waals surface area contributed by atoms with E-state index in [-0.39, 0.29) is 18.0 Å². The van der Waals surface area contributed by atoms with Crippen LogP contribution in [0.2, 0.25) is 0 Å². The number of aliphatic carboxylic acids is 1. The minimum absolute atomic E-state index is 0.0356. The largest absolute Gasteiger partial charge is 0.480 e. The molecule has 4 saturated heterocycles. The maximum absolute atomic E-state index is 12.6. The van der Waals surface area contributed by atoms with Crippen LogP contribution in [-0.2, 0) is 14.3 Å². The van der Waals surface area contributed by atoms with Crippen molar-refractivity contribution in [3.05, 3.63) is 36.0 Å².